The number of amidine groups is 1. The Morgan fingerprint density at radius 3 is 2.39 bits per heavy atom. The summed E-state index contributed by atoms with van der Waals surface area (Å²) >= 11 is 0. The minimum atomic E-state index is 0.396. The second kappa shape index (κ2) is 9.69. The number of guanidine groups is 1. The van der Waals surface area contributed by atoms with Crippen molar-refractivity contribution >= 4 is 18.1 Å². The van der Waals surface area contributed by atoms with Gasteiger partial charge in [-0.1, -0.05) is 54.6 Å². The molecule has 0 atom stereocenters. The Kier molecular flexibility index (Phi) is 6.78. The molecule has 1 fully saturated rings. The van der Waals surface area contributed by atoms with Crippen LogP contribution in [0.1, 0.15) is 41.3 Å². The number of likely N-dealkylation sites (tertiary alicyclic amines) is 1. The molecule has 146 valence electrons. The van der Waals surface area contributed by atoms with Gasteiger partial charge in [-0.15, -0.1) is 0 Å². The van der Waals surface area contributed by atoms with Crippen LogP contribution in [0.25, 0.3) is 0 Å². The largest absolute Gasteiger partial charge is 0.368 e. The number of nitrogens with zero attached hydrogens (tertiary/aromatic N) is 4. The van der Waals surface area contributed by atoms with E-state index in [0.29, 0.717) is 24.6 Å². The van der Waals surface area contributed by atoms with E-state index >= 15 is 0 Å². The topological polar surface area (TPSA) is 74.3 Å². The fourth-order valence-electron chi connectivity index (χ4n) is 3.23. The Hall–Kier alpha value is -3.15. The molecule has 2 aromatic carbocycles. The fraction of sp³-hybridized carbons (Fsp3) is 0.318. The summed E-state index contributed by atoms with van der Waals surface area (Å²) in [6.45, 7) is 5.01. The third-order valence-corrected chi connectivity index (χ3v) is 4.69. The molecule has 0 spiro atoms. The van der Waals surface area contributed by atoms with E-state index in [0.717, 1.165) is 49.2 Å². The van der Waals surface area contributed by atoms with Gasteiger partial charge in [-0.05, 0) is 25.3 Å². The number of hydrogen-bond acceptors (Lipinski definition) is 3. The quantitative estimate of drug-likeness (QED) is 0.363. The first-order valence-corrected chi connectivity index (χ1v) is 9.72. The van der Waals surface area contributed by atoms with Crippen LogP contribution in [0.2, 0.25) is 0 Å². The number of benzene rings is 2. The van der Waals surface area contributed by atoms with E-state index in [1.54, 1.807) is 5.01 Å². The minimum Gasteiger partial charge on any atom is -0.368 e. The van der Waals surface area contributed by atoms with Gasteiger partial charge in [-0.25, -0.2) is 5.01 Å². The molecule has 6 nitrogen and oxygen atoms in total. The highest BCUT2D eigenvalue weighted by Crippen LogP contribution is 2.16. The summed E-state index contributed by atoms with van der Waals surface area (Å²) in [6.07, 6.45) is 3.13. The second-order valence-corrected chi connectivity index (χ2v) is 6.73. The van der Waals surface area contributed by atoms with Crippen molar-refractivity contribution < 1.29 is 4.79 Å². The first kappa shape index (κ1) is 19.6. The van der Waals surface area contributed by atoms with Crippen LogP contribution in [0.3, 0.4) is 0 Å². The van der Waals surface area contributed by atoms with Crippen LogP contribution in [0, 0.1) is 0 Å². The summed E-state index contributed by atoms with van der Waals surface area (Å²) in [5.74, 6) is 1.26. The van der Waals surface area contributed by atoms with Gasteiger partial charge in [-0.2, -0.15) is 5.10 Å². The highest BCUT2D eigenvalue weighted by molar-refractivity contribution is 6.00. The molecule has 6 heteroatoms. The molecule has 1 saturated heterocycles. The van der Waals surface area contributed by atoms with Gasteiger partial charge in [0.25, 0.3) is 0 Å². The third-order valence-electron chi connectivity index (χ3n) is 4.69. The molecule has 0 amide bonds. The van der Waals surface area contributed by atoms with Gasteiger partial charge in [0, 0.05) is 30.8 Å². The number of rotatable bonds is 6. The van der Waals surface area contributed by atoms with Crippen molar-refractivity contribution in [1.29, 1.82) is 0 Å². The van der Waals surface area contributed by atoms with Crippen molar-refractivity contribution in [1.82, 2.24) is 9.91 Å². The second-order valence-electron chi connectivity index (χ2n) is 6.73. The number of hydrogen-bond donors (Lipinski definition) is 1. The van der Waals surface area contributed by atoms with Gasteiger partial charge in [0.1, 0.15) is 6.29 Å². The van der Waals surface area contributed by atoms with Gasteiger partial charge < -0.3 is 10.6 Å². The van der Waals surface area contributed by atoms with Crippen LogP contribution in [0.15, 0.2) is 64.7 Å². The van der Waals surface area contributed by atoms with E-state index in [9.17, 15) is 4.79 Å². The molecular weight excluding hydrogens is 350 g/mol. The van der Waals surface area contributed by atoms with Crippen molar-refractivity contribution in [3.8, 4) is 0 Å². The van der Waals surface area contributed by atoms with Crippen molar-refractivity contribution in [2.24, 2.45) is 15.8 Å². The molecule has 3 rings (SSSR count). The molecule has 0 unspecified atom stereocenters. The average Bonchev–Trinajstić information content (AvgIpc) is 3.26. The SMILES string of the molecule is CCN=C(N)N(Cc1ccccc1)N=C(c1ccc(C=O)cc1)N1CCCC1. The summed E-state index contributed by atoms with van der Waals surface area (Å²) in [5.41, 5.74) is 8.98. The van der Waals surface area contributed by atoms with Crippen LogP contribution in [0.4, 0.5) is 0 Å². The Morgan fingerprint density at radius 2 is 1.79 bits per heavy atom. The first-order chi connectivity index (χ1) is 13.7. The van der Waals surface area contributed by atoms with Crippen LogP contribution < -0.4 is 5.73 Å². The van der Waals surface area contributed by atoms with Crippen molar-refractivity contribution in [2.45, 2.75) is 26.3 Å². The lowest BCUT2D eigenvalue weighted by atomic mass is 10.1. The van der Waals surface area contributed by atoms with Crippen LogP contribution in [-0.4, -0.2) is 47.6 Å². The molecule has 0 saturated carbocycles. The van der Waals surface area contributed by atoms with Gasteiger partial charge in [0.15, 0.2) is 5.84 Å². The normalized spacial score (nSPS) is 15.0. The lowest BCUT2D eigenvalue weighted by Crippen LogP contribution is -2.37. The monoisotopic (exact) mass is 377 g/mol. The smallest absolute Gasteiger partial charge is 0.212 e. The van der Waals surface area contributed by atoms with Gasteiger partial charge in [0.05, 0.1) is 6.54 Å². The maximum absolute atomic E-state index is 11.0. The lowest BCUT2D eigenvalue weighted by molar-refractivity contribution is 0.112. The first-order valence-electron chi connectivity index (χ1n) is 9.72. The maximum atomic E-state index is 11.0. The molecule has 2 aromatic rings. The minimum absolute atomic E-state index is 0.396. The highest BCUT2D eigenvalue weighted by atomic mass is 16.1. The summed E-state index contributed by atoms with van der Waals surface area (Å²) in [5, 5.41) is 6.69. The Morgan fingerprint density at radius 1 is 1.11 bits per heavy atom. The maximum Gasteiger partial charge on any atom is 0.212 e. The molecular formula is C22H27N5O. The number of aliphatic imine (C=N–C) groups is 1. The molecule has 0 aliphatic carbocycles. The zero-order chi connectivity index (χ0) is 19.8. The summed E-state index contributed by atoms with van der Waals surface area (Å²) in [6, 6.07) is 17.6. The fourth-order valence-corrected chi connectivity index (χ4v) is 3.23. The third kappa shape index (κ3) is 4.97. The van der Waals surface area contributed by atoms with Gasteiger partial charge in [0.2, 0.25) is 5.96 Å². The molecule has 2 N–H and O–H groups in total. The number of aldehydes is 1. The van der Waals surface area contributed by atoms with Crippen LogP contribution in [0.5, 0.6) is 0 Å². The van der Waals surface area contributed by atoms with Crippen molar-refractivity contribution in [3.05, 3.63) is 71.3 Å². The van der Waals surface area contributed by atoms with E-state index in [-0.39, 0.29) is 0 Å². The molecule has 1 aliphatic heterocycles. The van der Waals surface area contributed by atoms with E-state index < -0.39 is 0 Å². The van der Waals surface area contributed by atoms with E-state index in [2.05, 4.69) is 22.0 Å². The zero-order valence-corrected chi connectivity index (χ0v) is 16.3. The van der Waals surface area contributed by atoms with E-state index in [1.165, 1.54) is 0 Å². The summed E-state index contributed by atoms with van der Waals surface area (Å²) < 4.78 is 0. The van der Waals surface area contributed by atoms with Gasteiger partial charge >= 0.3 is 0 Å². The number of hydrazone groups is 1. The lowest BCUT2D eigenvalue weighted by Gasteiger charge is -2.25. The molecule has 0 aromatic heterocycles. The molecule has 1 heterocycles. The zero-order valence-electron chi connectivity index (χ0n) is 16.3. The van der Waals surface area contributed by atoms with Gasteiger partial charge in [-0.3, -0.25) is 9.79 Å². The predicted molar refractivity (Wildman–Crippen MR) is 113 cm³/mol. The van der Waals surface area contributed by atoms with Crippen LogP contribution in [-0.2, 0) is 6.54 Å². The molecule has 28 heavy (non-hydrogen) atoms. The average molecular weight is 377 g/mol. The Bertz CT molecular complexity index is 824. The van der Waals surface area contributed by atoms with E-state index in [1.807, 2.05) is 49.4 Å². The molecule has 0 radical (unpaired) electrons. The van der Waals surface area contributed by atoms with Crippen molar-refractivity contribution in [3.63, 3.8) is 0 Å². The highest BCUT2D eigenvalue weighted by Gasteiger charge is 2.20. The molecule has 1 aliphatic rings. The molecule has 0 bridgehead atoms. The summed E-state index contributed by atoms with van der Waals surface area (Å²) in [4.78, 5) is 17.6. The number of carbonyl (C=O) groups is 1. The van der Waals surface area contributed by atoms with Crippen LogP contribution >= 0.6 is 0 Å². The van der Waals surface area contributed by atoms with Crippen molar-refractivity contribution in [2.75, 3.05) is 19.6 Å². The standard InChI is InChI=1S/C22H27N5O/c1-2-24-22(23)27(16-18-8-4-3-5-9-18)25-21(26-14-6-7-15-26)20-12-10-19(17-28)11-13-20/h3-5,8-13,17H,2,6-7,14-16H2,1H3,(H2,23,24). The number of nitrogens with two attached hydrogens (primary N) is 1. The number of carbonyl (C=O) groups excluding carboxylic acids is 1. The predicted octanol–water partition coefficient (Wildman–Crippen LogP) is 3.09. The Balaban J connectivity index is 1.99. The van der Waals surface area contributed by atoms with E-state index in [4.69, 9.17) is 10.8 Å². The Labute approximate surface area is 166 Å². The summed E-state index contributed by atoms with van der Waals surface area (Å²) in [7, 11) is 0.